The molecule has 6 heteroatoms. The van der Waals surface area contributed by atoms with Crippen LogP contribution >= 0.6 is 31.9 Å². The Balaban J connectivity index is 1.07. The van der Waals surface area contributed by atoms with E-state index in [1.54, 1.807) is 0 Å². The van der Waals surface area contributed by atoms with Crippen molar-refractivity contribution in [3.63, 3.8) is 0 Å². The lowest BCUT2D eigenvalue weighted by molar-refractivity contribution is 0.305. The topological polar surface area (TPSA) is 43.2 Å². The highest BCUT2D eigenvalue weighted by Crippen LogP contribution is 2.27. The van der Waals surface area contributed by atoms with Crippen LogP contribution in [0.4, 0.5) is 11.4 Å². The van der Waals surface area contributed by atoms with Crippen molar-refractivity contribution in [2.24, 2.45) is 9.98 Å². The van der Waals surface area contributed by atoms with Crippen molar-refractivity contribution in [3.8, 4) is 22.6 Å². The van der Waals surface area contributed by atoms with Crippen LogP contribution in [0.2, 0.25) is 0 Å². The Hall–Kier alpha value is -4.78. The lowest BCUT2D eigenvalue weighted by Gasteiger charge is -2.09. The first-order valence-electron chi connectivity index (χ1n) is 14.8. The molecular weight excluding hydrogens is 700 g/mol. The van der Waals surface area contributed by atoms with E-state index in [1.165, 1.54) is 0 Å². The van der Waals surface area contributed by atoms with E-state index in [4.69, 9.17) is 19.5 Å². The van der Waals surface area contributed by atoms with Gasteiger partial charge in [0.2, 0.25) is 0 Å². The molecule has 4 nitrogen and oxygen atoms in total. The van der Waals surface area contributed by atoms with Gasteiger partial charge < -0.3 is 9.47 Å². The standard InChI is InChI=1S/C40H30Br2N2O2/c41-35-17-9-29(10-18-35)27-45-39-7-3-1-5-33(39)25-43-37-21-13-31(14-22-37)32-15-23-38(24-16-32)44-26-34-6-2-4-8-40(34)46-28-30-11-19-36(42)20-12-30/h1-26H,27-28H2. The second kappa shape index (κ2) is 15.5. The van der Waals surface area contributed by atoms with Crippen molar-refractivity contribution in [2.75, 3.05) is 0 Å². The predicted octanol–water partition coefficient (Wildman–Crippen LogP) is 11.5. The molecule has 0 spiro atoms. The summed E-state index contributed by atoms with van der Waals surface area (Å²) in [5.41, 5.74) is 8.03. The van der Waals surface area contributed by atoms with Crippen molar-refractivity contribution >= 4 is 55.7 Å². The van der Waals surface area contributed by atoms with Crippen molar-refractivity contribution in [1.29, 1.82) is 0 Å². The molecule has 0 radical (unpaired) electrons. The summed E-state index contributed by atoms with van der Waals surface area (Å²) in [7, 11) is 0. The molecule has 226 valence electrons. The fourth-order valence-corrected chi connectivity index (χ4v) is 5.22. The summed E-state index contributed by atoms with van der Waals surface area (Å²) in [6.07, 6.45) is 3.70. The highest BCUT2D eigenvalue weighted by Gasteiger charge is 2.04. The molecule has 46 heavy (non-hydrogen) atoms. The Morgan fingerprint density at radius 3 is 1.20 bits per heavy atom. The Morgan fingerprint density at radius 1 is 0.435 bits per heavy atom. The van der Waals surface area contributed by atoms with Crippen molar-refractivity contribution in [3.05, 3.63) is 177 Å². The second-order valence-electron chi connectivity index (χ2n) is 10.5. The maximum absolute atomic E-state index is 6.09. The van der Waals surface area contributed by atoms with Gasteiger partial charge in [0.15, 0.2) is 0 Å². The number of rotatable bonds is 11. The number of hydrogen-bond donors (Lipinski definition) is 0. The minimum Gasteiger partial charge on any atom is -0.488 e. The van der Waals surface area contributed by atoms with E-state index in [1.807, 2.05) is 134 Å². The normalized spacial score (nSPS) is 11.3. The Kier molecular flexibility index (Phi) is 10.5. The van der Waals surface area contributed by atoms with E-state index in [9.17, 15) is 0 Å². The minimum absolute atomic E-state index is 0.492. The lowest BCUT2D eigenvalue weighted by atomic mass is 10.1. The van der Waals surface area contributed by atoms with Crippen molar-refractivity contribution in [2.45, 2.75) is 13.2 Å². The fraction of sp³-hybridized carbons (Fsp3) is 0.0500. The zero-order valence-electron chi connectivity index (χ0n) is 24.9. The summed E-state index contributed by atoms with van der Waals surface area (Å²) in [6, 6.07) is 48.6. The van der Waals surface area contributed by atoms with Crippen LogP contribution in [0.15, 0.2) is 165 Å². The summed E-state index contributed by atoms with van der Waals surface area (Å²) in [4.78, 5) is 9.41. The summed E-state index contributed by atoms with van der Waals surface area (Å²) in [5.74, 6) is 1.59. The van der Waals surface area contributed by atoms with Crippen LogP contribution in [0.3, 0.4) is 0 Å². The maximum atomic E-state index is 6.09. The molecule has 0 heterocycles. The van der Waals surface area contributed by atoms with E-state index < -0.39 is 0 Å². The molecule has 0 unspecified atom stereocenters. The number of para-hydroxylation sites is 2. The van der Waals surface area contributed by atoms with E-state index in [0.717, 1.165) is 65.2 Å². The highest BCUT2D eigenvalue weighted by molar-refractivity contribution is 9.10. The van der Waals surface area contributed by atoms with Gasteiger partial charge in [-0.3, -0.25) is 9.98 Å². The number of hydrogen-bond acceptors (Lipinski definition) is 4. The van der Waals surface area contributed by atoms with Gasteiger partial charge in [0.05, 0.1) is 11.4 Å². The quantitative estimate of drug-likeness (QED) is 0.125. The molecule has 0 aliphatic heterocycles. The summed E-state index contributed by atoms with van der Waals surface area (Å²) >= 11 is 6.95. The Labute approximate surface area is 286 Å². The molecule has 0 aromatic heterocycles. The van der Waals surface area contributed by atoms with Crippen LogP contribution in [-0.2, 0) is 13.2 Å². The van der Waals surface area contributed by atoms with Gasteiger partial charge >= 0.3 is 0 Å². The van der Waals surface area contributed by atoms with Gasteiger partial charge in [-0.15, -0.1) is 0 Å². The van der Waals surface area contributed by atoms with Gasteiger partial charge in [-0.05, 0) is 95.1 Å². The number of benzene rings is 6. The number of ether oxygens (including phenoxy) is 2. The molecule has 0 saturated carbocycles. The fourth-order valence-electron chi connectivity index (χ4n) is 4.69. The van der Waals surface area contributed by atoms with Crippen molar-refractivity contribution < 1.29 is 9.47 Å². The molecule has 6 aromatic rings. The lowest BCUT2D eigenvalue weighted by Crippen LogP contribution is -1.98. The third kappa shape index (κ3) is 8.68. The molecule has 0 N–H and O–H groups in total. The van der Waals surface area contributed by atoms with Crippen LogP contribution in [0.25, 0.3) is 11.1 Å². The number of nitrogens with zero attached hydrogens (tertiary/aromatic N) is 2. The van der Waals surface area contributed by atoms with E-state index in [-0.39, 0.29) is 0 Å². The summed E-state index contributed by atoms with van der Waals surface area (Å²) < 4.78 is 14.3. The van der Waals surface area contributed by atoms with Crippen LogP contribution in [-0.4, -0.2) is 12.4 Å². The van der Waals surface area contributed by atoms with Gasteiger partial charge in [-0.1, -0.05) is 105 Å². The molecule has 0 bridgehead atoms. The third-order valence-corrected chi connectivity index (χ3v) is 8.28. The molecule has 6 rings (SSSR count). The zero-order chi connectivity index (χ0) is 31.6. The predicted molar refractivity (Wildman–Crippen MR) is 196 cm³/mol. The smallest absolute Gasteiger partial charge is 0.128 e. The Morgan fingerprint density at radius 2 is 0.804 bits per heavy atom. The monoisotopic (exact) mass is 728 g/mol. The molecule has 0 aliphatic rings. The van der Waals surface area contributed by atoms with Gasteiger partial charge in [0, 0.05) is 32.5 Å². The van der Waals surface area contributed by atoms with Gasteiger partial charge in [0.25, 0.3) is 0 Å². The SMILES string of the molecule is Brc1ccc(COc2ccccc2C=Nc2ccc(-c3ccc(N=Cc4ccccc4OCc4ccc(Br)cc4)cc3)cc2)cc1. The summed E-state index contributed by atoms with van der Waals surface area (Å²) in [5, 5.41) is 0. The van der Waals surface area contributed by atoms with Gasteiger partial charge in [-0.25, -0.2) is 0 Å². The number of halogens is 2. The minimum atomic E-state index is 0.492. The molecule has 0 aliphatic carbocycles. The van der Waals surface area contributed by atoms with Gasteiger partial charge in [-0.2, -0.15) is 0 Å². The zero-order valence-corrected chi connectivity index (χ0v) is 28.1. The largest absolute Gasteiger partial charge is 0.488 e. The Bertz CT molecular complexity index is 1790. The second-order valence-corrected chi connectivity index (χ2v) is 12.3. The first-order chi connectivity index (χ1) is 22.6. The molecule has 0 atom stereocenters. The average molecular weight is 731 g/mol. The van der Waals surface area contributed by atoms with Crippen LogP contribution < -0.4 is 9.47 Å². The molecule has 0 amide bonds. The molecule has 6 aromatic carbocycles. The van der Waals surface area contributed by atoms with Crippen LogP contribution in [0, 0.1) is 0 Å². The molecular formula is C40H30Br2N2O2. The molecule has 0 saturated heterocycles. The van der Waals surface area contributed by atoms with E-state index >= 15 is 0 Å². The van der Waals surface area contributed by atoms with E-state index in [0.29, 0.717) is 13.2 Å². The first-order valence-corrected chi connectivity index (χ1v) is 16.4. The van der Waals surface area contributed by atoms with E-state index in [2.05, 4.69) is 56.1 Å². The average Bonchev–Trinajstić information content (AvgIpc) is 3.10. The van der Waals surface area contributed by atoms with Gasteiger partial charge in [0.1, 0.15) is 24.7 Å². The van der Waals surface area contributed by atoms with Crippen molar-refractivity contribution in [1.82, 2.24) is 0 Å². The highest BCUT2D eigenvalue weighted by atomic mass is 79.9. The van der Waals surface area contributed by atoms with Crippen LogP contribution in [0.1, 0.15) is 22.3 Å². The summed E-state index contributed by atoms with van der Waals surface area (Å²) in [6.45, 7) is 0.984. The third-order valence-electron chi connectivity index (χ3n) is 7.23. The first kappa shape index (κ1) is 31.2. The van der Waals surface area contributed by atoms with Crippen LogP contribution in [0.5, 0.6) is 11.5 Å². The maximum Gasteiger partial charge on any atom is 0.128 e. The number of aliphatic imine (C=N–C) groups is 2. The molecule has 0 fully saturated rings.